The summed E-state index contributed by atoms with van der Waals surface area (Å²) in [6, 6.07) is 1.22. The van der Waals surface area contributed by atoms with Crippen LogP contribution in [0.2, 0.25) is 5.15 Å². The average molecular weight is 282 g/mol. The number of nitrogens with one attached hydrogen (secondary N) is 1. The number of rotatable bonds is 2. The van der Waals surface area contributed by atoms with Gasteiger partial charge in [0.05, 0.1) is 12.6 Å². The molecule has 0 radical (unpaired) electrons. The number of hydrogen-bond donors (Lipinski definition) is 1. The molecule has 1 aromatic rings. The predicted molar refractivity (Wildman–Crippen MR) is 59.5 cm³/mol. The molecule has 0 aromatic carbocycles. The van der Waals surface area contributed by atoms with Crippen LogP contribution < -0.4 is 5.32 Å². The second-order valence-corrected chi connectivity index (χ2v) is 4.34. The monoisotopic (exact) mass is 281 g/mol. The molecule has 1 aliphatic rings. The topological polar surface area (TPSA) is 47.0 Å². The second kappa shape index (κ2) is 5.27. The highest BCUT2D eigenvalue weighted by molar-refractivity contribution is 6.29. The molecule has 100 valence electrons. The van der Waals surface area contributed by atoms with E-state index in [1.165, 1.54) is 6.07 Å². The summed E-state index contributed by atoms with van der Waals surface area (Å²) in [5, 5.41) is 2.63. The van der Waals surface area contributed by atoms with E-state index in [9.17, 15) is 13.2 Å². The molecule has 1 atom stereocenters. The van der Waals surface area contributed by atoms with Gasteiger partial charge in [0, 0.05) is 12.7 Å². The third-order valence-electron chi connectivity index (χ3n) is 2.46. The fourth-order valence-corrected chi connectivity index (χ4v) is 1.87. The molecule has 1 unspecified atom stereocenters. The number of anilines is 1. The van der Waals surface area contributed by atoms with E-state index in [0.29, 0.717) is 13.2 Å². The van der Waals surface area contributed by atoms with Crippen molar-refractivity contribution in [1.29, 1.82) is 0 Å². The fourth-order valence-electron chi connectivity index (χ4n) is 1.68. The van der Waals surface area contributed by atoms with Gasteiger partial charge >= 0.3 is 6.18 Å². The summed E-state index contributed by atoms with van der Waals surface area (Å²) in [4.78, 5) is 6.57. The lowest BCUT2D eigenvalue weighted by atomic mass is 10.1. The first-order valence-electron chi connectivity index (χ1n) is 5.41. The standard InChI is InChI=1S/C10H11ClF3N3O/c11-7-4-8(15-6-2-1-3-18-5-6)17-9(16-7)10(12,13)14/h4,6H,1-3,5H2,(H,15,16,17). The predicted octanol–water partition coefficient (Wildman–Crippen LogP) is 2.74. The lowest BCUT2D eigenvalue weighted by molar-refractivity contribution is -0.144. The van der Waals surface area contributed by atoms with Gasteiger partial charge in [0.25, 0.3) is 0 Å². The largest absolute Gasteiger partial charge is 0.451 e. The molecule has 8 heteroatoms. The van der Waals surface area contributed by atoms with Crippen molar-refractivity contribution in [2.75, 3.05) is 18.5 Å². The molecule has 1 aliphatic heterocycles. The van der Waals surface area contributed by atoms with Crippen LogP contribution in [0.3, 0.4) is 0 Å². The molecule has 0 spiro atoms. The van der Waals surface area contributed by atoms with Crippen molar-refractivity contribution in [3.63, 3.8) is 0 Å². The molecular formula is C10H11ClF3N3O. The summed E-state index contributed by atoms with van der Waals surface area (Å²) < 4.78 is 42.7. The van der Waals surface area contributed by atoms with E-state index < -0.39 is 12.0 Å². The van der Waals surface area contributed by atoms with Crippen molar-refractivity contribution in [3.05, 3.63) is 17.0 Å². The number of hydrogen-bond acceptors (Lipinski definition) is 4. The Labute approximate surface area is 107 Å². The summed E-state index contributed by atoms with van der Waals surface area (Å²) in [7, 11) is 0. The van der Waals surface area contributed by atoms with Gasteiger partial charge in [-0.1, -0.05) is 11.6 Å². The Morgan fingerprint density at radius 1 is 1.39 bits per heavy atom. The van der Waals surface area contributed by atoms with Crippen LogP contribution in [-0.4, -0.2) is 29.2 Å². The smallest absolute Gasteiger partial charge is 0.379 e. The van der Waals surface area contributed by atoms with Crippen LogP contribution in [0.25, 0.3) is 0 Å². The van der Waals surface area contributed by atoms with Crippen molar-refractivity contribution in [2.24, 2.45) is 0 Å². The Hall–Kier alpha value is -1.08. The zero-order valence-electron chi connectivity index (χ0n) is 9.30. The minimum atomic E-state index is -4.61. The van der Waals surface area contributed by atoms with Crippen LogP contribution in [0.4, 0.5) is 19.0 Å². The van der Waals surface area contributed by atoms with E-state index in [-0.39, 0.29) is 17.0 Å². The zero-order valence-corrected chi connectivity index (χ0v) is 10.1. The highest BCUT2D eigenvalue weighted by Crippen LogP contribution is 2.28. The van der Waals surface area contributed by atoms with Crippen LogP contribution in [-0.2, 0) is 10.9 Å². The molecule has 1 aromatic heterocycles. The van der Waals surface area contributed by atoms with E-state index in [0.717, 1.165) is 12.8 Å². The number of ether oxygens (including phenoxy) is 1. The SMILES string of the molecule is FC(F)(F)c1nc(Cl)cc(NC2CCCOC2)n1. The minimum absolute atomic E-state index is 0.0502. The summed E-state index contributed by atoms with van der Waals surface area (Å²) in [5.41, 5.74) is 0. The first kappa shape index (κ1) is 13.4. The van der Waals surface area contributed by atoms with E-state index in [2.05, 4.69) is 15.3 Å². The molecule has 2 heterocycles. The number of halogens is 4. The molecule has 1 fully saturated rings. The van der Waals surface area contributed by atoms with Crippen LogP contribution >= 0.6 is 11.6 Å². The molecule has 4 nitrogen and oxygen atoms in total. The van der Waals surface area contributed by atoms with Gasteiger partial charge in [-0.15, -0.1) is 0 Å². The van der Waals surface area contributed by atoms with E-state index in [1.807, 2.05) is 0 Å². The van der Waals surface area contributed by atoms with Crippen LogP contribution in [0.1, 0.15) is 18.7 Å². The summed E-state index contributed by atoms with van der Waals surface area (Å²) in [6.45, 7) is 1.12. The summed E-state index contributed by atoms with van der Waals surface area (Å²) in [6.07, 6.45) is -2.92. The van der Waals surface area contributed by atoms with Crippen LogP contribution in [0.15, 0.2) is 6.07 Å². The maximum absolute atomic E-state index is 12.5. The van der Waals surface area contributed by atoms with Gasteiger partial charge in [-0.2, -0.15) is 13.2 Å². The van der Waals surface area contributed by atoms with Gasteiger partial charge in [0.2, 0.25) is 5.82 Å². The van der Waals surface area contributed by atoms with Crippen molar-refractivity contribution in [3.8, 4) is 0 Å². The maximum atomic E-state index is 12.5. The van der Waals surface area contributed by atoms with Crippen LogP contribution in [0, 0.1) is 0 Å². The molecule has 1 saturated heterocycles. The van der Waals surface area contributed by atoms with Gasteiger partial charge in [0.15, 0.2) is 0 Å². The van der Waals surface area contributed by atoms with Gasteiger partial charge < -0.3 is 10.1 Å². The van der Waals surface area contributed by atoms with Crippen molar-refractivity contribution in [1.82, 2.24) is 9.97 Å². The van der Waals surface area contributed by atoms with E-state index in [1.54, 1.807) is 0 Å². The summed E-state index contributed by atoms with van der Waals surface area (Å²) in [5.74, 6) is -1.17. The minimum Gasteiger partial charge on any atom is -0.379 e. The second-order valence-electron chi connectivity index (χ2n) is 3.96. The van der Waals surface area contributed by atoms with Crippen molar-refractivity contribution < 1.29 is 17.9 Å². The van der Waals surface area contributed by atoms with Gasteiger partial charge in [-0.25, -0.2) is 9.97 Å². The third kappa shape index (κ3) is 3.46. The lowest BCUT2D eigenvalue weighted by Gasteiger charge is -2.23. The zero-order chi connectivity index (χ0) is 13.2. The molecule has 0 bridgehead atoms. The van der Waals surface area contributed by atoms with Crippen molar-refractivity contribution >= 4 is 17.4 Å². The Balaban J connectivity index is 2.14. The number of nitrogens with zero attached hydrogens (tertiary/aromatic N) is 2. The molecule has 1 N–H and O–H groups in total. The molecule has 18 heavy (non-hydrogen) atoms. The van der Waals surface area contributed by atoms with E-state index in [4.69, 9.17) is 16.3 Å². The van der Waals surface area contributed by atoms with Crippen molar-refractivity contribution in [2.45, 2.75) is 25.1 Å². The Morgan fingerprint density at radius 2 is 2.17 bits per heavy atom. The molecular weight excluding hydrogens is 271 g/mol. The number of aromatic nitrogens is 2. The summed E-state index contributed by atoms with van der Waals surface area (Å²) >= 11 is 5.55. The Bertz CT molecular complexity index is 421. The van der Waals surface area contributed by atoms with E-state index >= 15 is 0 Å². The lowest BCUT2D eigenvalue weighted by Crippen LogP contribution is -2.30. The maximum Gasteiger partial charge on any atom is 0.451 e. The Morgan fingerprint density at radius 3 is 2.78 bits per heavy atom. The fraction of sp³-hybridized carbons (Fsp3) is 0.600. The molecule has 2 rings (SSSR count). The third-order valence-corrected chi connectivity index (χ3v) is 2.65. The van der Waals surface area contributed by atoms with Gasteiger partial charge in [-0.3, -0.25) is 0 Å². The first-order valence-corrected chi connectivity index (χ1v) is 5.79. The highest BCUT2D eigenvalue weighted by atomic mass is 35.5. The number of alkyl halides is 3. The molecule has 0 saturated carbocycles. The van der Waals surface area contributed by atoms with Gasteiger partial charge in [0.1, 0.15) is 11.0 Å². The quantitative estimate of drug-likeness (QED) is 0.847. The van der Waals surface area contributed by atoms with Gasteiger partial charge in [-0.05, 0) is 12.8 Å². The highest BCUT2D eigenvalue weighted by Gasteiger charge is 2.35. The average Bonchev–Trinajstić information content (AvgIpc) is 2.28. The van der Waals surface area contributed by atoms with Crippen LogP contribution in [0.5, 0.6) is 0 Å². The molecule has 0 aliphatic carbocycles. The normalized spacial score (nSPS) is 20.8. The molecule has 0 amide bonds. The first-order chi connectivity index (χ1) is 8.45. The Kier molecular flexibility index (Phi) is 3.91.